The summed E-state index contributed by atoms with van der Waals surface area (Å²) in [5, 5.41) is 3.26. The smallest absolute Gasteiger partial charge is 0.223 e. The summed E-state index contributed by atoms with van der Waals surface area (Å²) in [6, 6.07) is 17.5. The van der Waals surface area contributed by atoms with E-state index in [-0.39, 0.29) is 17.9 Å². The SMILES string of the molecule is Cc1ccc(N2CCC(C(=O)NC(C)c3ccc(N4CCCC(C)C4)cc3)CC2)cc1. The van der Waals surface area contributed by atoms with Crippen LogP contribution in [0.15, 0.2) is 48.5 Å². The van der Waals surface area contributed by atoms with Crippen LogP contribution < -0.4 is 15.1 Å². The third kappa shape index (κ3) is 5.41. The Morgan fingerprint density at radius 1 is 0.903 bits per heavy atom. The van der Waals surface area contributed by atoms with Crippen molar-refractivity contribution in [1.82, 2.24) is 5.32 Å². The second-order valence-electron chi connectivity index (χ2n) is 9.61. The number of benzene rings is 2. The molecule has 2 atom stereocenters. The molecule has 1 N–H and O–H groups in total. The third-order valence-corrected chi connectivity index (χ3v) is 7.04. The molecule has 2 aliphatic heterocycles. The van der Waals surface area contributed by atoms with Gasteiger partial charge in [0, 0.05) is 43.5 Å². The number of nitrogens with one attached hydrogen (secondary N) is 1. The van der Waals surface area contributed by atoms with E-state index >= 15 is 0 Å². The van der Waals surface area contributed by atoms with Crippen molar-refractivity contribution < 1.29 is 4.79 Å². The largest absolute Gasteiger partial charge is 0.371 e. The first-order chi connectivity index (χ1) is 15.0. The molecule has 0 radical (unpaired) electrons. The van der Waals surface area contributed by atoms with Crippen molar-refractivity contribution in [3.05, 3.63) is 59.7 Å². The Hall–Kier alpha value is -2.49. The lowest BCUT2D eigenvalue weighted by molar-refractivity contribution is -0.126. The highest BCUT2D eigenvalue weighted by atomic mass is 16.1. The molecule has 4 nitrogen and oxygen atoms in total. The monoisotopic (exact) mass is 419 g/mol. The number of piperidine rings is 2. The highest BCUT2D eigenvalue weighted by Crippen LogP contribution is 2.26. The molecule has 2 saturated heterocycles. The van der Waals surface area contributed by atoms with Gasteiger partial charge < -0.3 is 15.1 Å². The van der Waals surface area contributed by atoms with Crippen LogP contribution in [0, 0.1) is 18.8 Å². The van der Waals surface area contributed by atoms with E-state index in [0.717, 1.165) is 44.9 Å². The van der Waals surface area contributed by atoms with Gasteiger partial charge in [-0.2, -0.15) is 0 Å². The lowest BCUT2D eigenvalue weighted by Crippen LogP contribution is -2.41. The van der Waals surface area contributed by atoms with Crippen LogP contribution in [-0.4, -0.2) is 32.1 Å². The van der Waals surface area contributed by atoms with Crippen molar-refractivity contribution in [3.8, 4) is 0 Å². The number of amides is 1. The molecular formula is C27H37N3O. The first-order valence-electron chi connectivity index (χ1n) is 12.0. The molecule has 1 amide bonds. The van der Waals surface area contributed by atoms with E-state index in [1.165, 1.54) is 35.3 Å². The Morgan fingerprint density at radius 3 is 2.16 bits per heavy atom. The summed E-state index contributed by atoms with van der Waals surface area (Å²) < 4.78 is 0. The predicted molar refractivity (Wildman–Crippen MR) is 130 cm³/mol. The molecule has 2 aromatic rings. The minimum absolute atomic E-state index is 0.0388. The minimum atomic E-state index is 0.0388. The molecule has 2 fully saturated rings. The standard InChI is InChI=1S/C27H37N3O/c1-20-6-10-25(11-7-20)29-17-14-24(15-18-29)27(31)28-22(3)23-8-12-26(13-9-23)30-16-4-5-21(2)19-30/h6-13,21-22,24H,4-5,14-19H2,1-3H3,(H,28,31). The summed E-state index contributed by atoms with van der Waals surface area (Å²) in [7, 11) is 0. The Morgan fingerprint density at radius 2 is 1.52 bits per heavy atom. The van der Waals surface area contributed by atoms with Gasteiger partial charge in [0.1, 0.15) is 0 Å². The van der Waals surface area contributed by atoms with Gasteiger partial charge in [-0.05, 0) is 75.3 Å². The molecule has 0 aromatic heterocycles. The molecule has 2 aliphatic rings. The zero-order chi connectivity index (χ0) is 21.8. The van der Waals surface area contributed by atoms with Gasteiger partial charge in [0.2, 0.25) is 5.91 Å². The lowest BCUT2D eigenvalue weighted by atomic mass is 9.94. The molecule has 31 heavy (non-hydrogen) atoms. The van der Waals surface area contributed by atoms with Crippen LogP contribution in [0.25, 0.3) is 0 Å². The van der Waals surface area contributed by atoms with Gasteiger partial charge in [-0.25, -0.2) is 0 Å². The Balaban J connectivity index is 1.28. The van der Waals surface area contributed by atoms with Crippen molar-refractivity contribution in [2.24, 2.45) is 11.8 Å². The summed E-state index contributed by atoms with van der Waals surface area (Å²) in [5.41, 5.74) is 5.03. The number of carbonyl (C=O) groups excluding carboxylic acids is 1. The topological polar surface area (TPSA) is 35.6 Å². The van der Waals surface area contributed by atoms with Crippen LogP contribution in [0.2, 0.25) is 0 Å². The maximum atomic E-state index is 12.9. The average Bonchev–Trinajstić information content (AvgIpc) is 2.80. The molecule has 2 unspecified atom stereocenters. The number of hydrogen-bond acceptors (Lipinski definition) is 3. The van der Waals surface area contributed by atoms with Crippen LogP contribution in [0.3, 0.4) is 0 Å². The second-order valence-corrected chi connectivity index (χ2v) is 9.61. The minimum Gasteiger partial charge on any atom is -0.371 e. The van der Waals surface area contributed by atoms with E-state index in [4.69, 9.17) is 0 Å². The number of hydrogen-bond donors (Lipinski definition) is 1. The normalized spacial score (nSPS) is 21.1. The molecule has 166 valence electrons. The van der Waals surface area contributed by atoms with Crippen LogP contribution in [0.1, 0.15) is 56.7 Å². The highest BCUT2D eigenvalue weighted by Gasteiger charge is 2.26. The number of carbonyl (C=O) groups is 1. The Bertz CT molecular complexity index is 853. The van der Waals surface area contributed by atoms with E-state index in [2.05, 4.69) is 84.4 Å². The number of anilines is 2. The zero-order valence-corrected chi connectivity index (χ0v) is 19.3. The number of nitrogens with zero attached hydrogens (tertiary/aromatic N) is 2. The fourth-order valence-corrected chi connectivity index (χ4v) is 4.97. The van der Waals surface area contributed by atoms with Crippen molar-refractivity contribution in [2.75, 3.05) is 36.0 Å². The van der Waals surface area contributed by atoms with E-state index in [1.807, 2.05) is 0 Å². The third-order valence-electron chi connectivity index (χ3n) is 7.04. The molecule has 4 heteroatoms. The molecule has 2 aromatic carbocycles. The fraction of sp³-hybridized carbons (Fsp3) is 0.519. The first-order valence-corrected chi connectivity index (χ1v) is 12.0. The first kappa shape index (κ1) is 21.7. The van der Waals surface area contributed by atoms with E-state index in [9.17, 15) is 4.79 Å². The van der Waals surface area contributed by atoms with Gasteiger partial charge in [0.05, 0.1) is 6.04 Å². The van der Waals surface area contributed by atoms with Crippen LogP contribution in [-0.2, 0) is 4.79 Å². The second kappa shape index (κ2) is 9.76. The number of aryl methyl sites for hydroxylation is 1. The summed E-state index contributed by atoms with van der Waals surface area (Å²) in [4.78, 5) is 17.8. The average molecular weight is 420 g/mol. The predicted octanol–water partition coefficient (Wildman–Crippen LogP) is 5.33. The van der Waals surface area contributed by atoms with Crippen molar-refractivity contribution in [2.45, 2.75) is 52.5 Å². The molecular weight excluding hydrogens is 382 g/mol. The van der Waals surface area contributed by atoms with E-state index in [0.29, 0.717) is 0 Å². The van der Waals surface area contributed by atoms with Crippen molar-refractivity contribution in [1.29, 1.82) is 0 Å². The summed E-state index contributed by atoms with van der Waals surface area (Å²) >= 11 is 0. The highest BCUT2D eigenvalue weighted by molar-refractivity contribution is 5.79. The van der Waals surface area contributed by atoms with Gasteiger partial charge in [-0.3, -0.25) is 4.79 Å². The van der Waals surface area contributed by atoms with Gasteiger partial charge in [-0.1, -0.05) is 36.8 Å². The van der Waals surface area contributed by atoms with Crippen LogP contribution in [0.4, 0.5) is 11.4 Å². The van der Waals surface area contributed by atoms with Crippen LogP contribution in [0.5, 0.6) is 0 Å². The van der Waals surface area contributed by atoms with E-state index < -0.39 is 0 Å². The Labute approximate surface area is 187 Å². The molecule has 0 bridgehead atoms. The maximum Gasteiger partial charge on any atom is 0.223 e. The Kier molecular flexibility index (Phi) is 6.84. The molecule has 0 aliphatic carbocycles. The molecule has 0 saturated carbocycles. The van der Waals surface area contributed by atoms with Crippen molar-refractivity contribution >= 4 is 17.3 Å². The fourth-order valence-electron chi connectivity index (χ4n) is 4.97. The summed E-state index contributed by atoms with van der Waals surface area (Å²) in [6.45, 7) is 10.7. The quantitative estimate of drug-likeness (QED) is 0.712. The van der Waals surface area contributed by atoms with Gasteiger partial charge in [0.25, 0.3) is 0 Å². The molecule has 0 spiro atoms. The van der Waals surface area contributed by atoms with Gasteiger partial charge in [0.15, 0.2) is 0 Å². The lowest BCUT2D eigenvalue weighted by Gasteiger charge is -2.34. The molecule has 4 rings (SSSR count). The summed E-state index contributed by atoms with van der Waals surface area (Å²) in [6.07, 6.45) is 4.44. The van der Waals surface area contributed by atoms with E-state index in [1.54, 1.807) is 0 Å². The van der Waals surface area contributed by atoms with Gasteiger partial charge in [-0.15, -0.1) is 0 Å². The number of rotatable bonds is 5. The zero-order valence-electron chi connectivity index (χ0n) is 19.3. The van der Waals surface area contributed by atoms with Crippen LogP contribution >= 0.6 is 0 Å². The van der Waals surface area contributed by atoms with Crippen molar-refractivity contribution in [3.63, 3.8) is 0 Å². The maximum absolute atomic E-state index is 12.9. The molecule has 2 heterocycles. The van der Waals surface area contributed by atoms with Gasteiger partial charge >= 0.3 is 0 Å². The summed E-state index contributed by atoms with van der Waals surface area (Å²) in [5.74, 6) is 1.08.